The molecule has 0 bridgehead atoms. The second-order valence-electron chi connectivity index (χ2n) is 7.64. The lowest BCUT2D eigenvalue weighted by Gasteiger charge is -2.37. The summed E-state index contributed by atoms with van der Waals surface area (Å²) in [6, 6.07) is 0. The van der Waals surface area contributed by atoms with E-state index >= 15 is 0 Å². The summed E-state index contributed by atoms with van der Waals surface area (Å²) in [6.07, 6.45) is -3.18. The minimum Gasteiger partial charge on any atom is -0.319 e. The van der Waals surface area contributed by atoms with E-state index < -0.39 is 17.5 Å². The number of hydrogen-bond acceptors (Lipinski definition) is 2. The van der Waals surface area contributed by atoms with E-state index in [1.807, 2.05) is 34.6 Å². The molecule has 0 atom stereocenters. The average Bonchev–Trinajstić information content (AvgIpc) is 2.64. The Hall–Kier alpha value is -1.04. The van der Waals surface area contributed by atoms with E-state index in [4.69, 9.17) is 0 Å². The van der Waals surface area contributed by atoms with Crippen molar-refractivity contribution in [2.45, 2.75) is 65.7 Å². The van der Waals surface area contributed by atoms with Crippen molar-refractivity contribution in [3.05, 3.63) is 17.2 Å². The quantitative estimate of drug-likeness (QED) is 0.902. The summed E-state index contributed by atoms with van der Waals surface area (Å²) in [4.78, 5) is 3.89. The van der Waals surface area contributed by atoms with Gasteiger partial charge in [0.25, 0.3) is 0 Å². The van der Waals surface area contributed by atoms with E-state index in [1.54, 1.807) is 0 Å². The van der Waals surface area contributed by atoms with Gasteiger partial charge in [-0.1, -0.05) is 20.8 Å². The summed E-state index contributed by atoms with van der Waals surface area (Å²) in [5.74, 6) is -0.759. The van der Waals surface area contributed by atoms with Gasteiger partial charge in [-0.2, -0.15) is 13.2 Å². The summed E-state index contributed by atoms with van der Waals surface area (Å²) in [5, 5.41) is 3.09. The number of nitrogens with one attached hydrogen (secondary N) is 1. The number of halogens is 3. The Morgan fingerprint density at radius 2 is 1.76 bits per heavy atom. The number of imidazole rings is 1. The first kappa shape index (κ1) is 16.3. The van der Waals surface area contributed by atoms with Crippen molar-refractivity contribution in [2.75, 3.05) is 6.54 Å². The molecule has 1 aromatic heterocycles. The molecule has 1 aromatic rings. The molecule has 0 amide bonds. The fourth-order valence-corrected chi connectivity index (χ4v) is 3.53. The number of nitrogens with zero attached hydrogens (tertiary/aromatic N) is 2. The Balaban J connectivity index is 2.57. The van der Waals surface area contributed by atoms with E-state index in [9.17, 15) is 13.2 Å². The Bertz CT molecular complexity index is 521. The zero-order valence-electron chi connectivity index (χ0n) is 13.4. The predicted octanol–water partition coefficient (Wildman–Crippen LogP) is 3.72. The molecule has 2 rings (SSSR count). The van der Waals surface area contributed by atoms with Crippen LogP contribution in [0.4, 0.5) is 13.2 Å². The van der Waals surface area contributed by atoms with Crippen molar-refractivity contribution in [1.29, 1.82) is 0 Å². The molecular weight excluding hydrogens is 279 g/mol. The highest BCUT2D eigenvalue weighted by molar-refractivity contribution is 5.24. The van der Waals surface area contributed by atoms with Gasteiger partial charge in [-0.25, -0.2) is 4.98 Å². The van der Waals surface area contributed by atoms with E-state index in [2.05, 4.69) is 10.3 Å². The van der Waals surface area contributed by atoms with Crippen LogP contribution in [0.1, 0.15) is 58.3 Å². The average molecular weight is 303 g/mol. The Labute approximate surface area is 123 Å². The molecule has 6 heteroatoms. The van der Waals surface area contributed by atoms with Gasteiger partial charge in [-0.05, 0) is 25.7 Å². The van der Waals surface area contributed by atoms with Gasteiger partial charge in [0.1, 0.15) is 0 Å². The largest absolute Gasteiger partial charge is 0.449 e. The third kappa shape index (κ3) is 3.42. The molecule has 120 valence electrons. The number of rotatable bonds is 2. The van der Waals surface area contributed by atoms with Crippen LogP contribution in [-0.2, 0) is 24.7 Å². The van der Waals surface area contributed by atoms with Crippen LogP contribution in [0.3, 0.4) is 0 Å². The normalized spacial score (nSPS) is 17.0. The van der Waals surface area contributed by atoms with Gasteiger partial charge in [-0.15, -0.1) is 0 Å². The third-order valence-electron chi connectivity index (χ3n) is 3.71. The van der Waals surface area contributed by atoms with Gasteiger partial charge in [0.05, 0.1) is 5.69 Å². The Kier molecular flexibility index (Phi) is 3.89. The van der Waals surface area contributed by atoms with Crippen LogP contribution in [0.5, 0.6) is 0 Å². The topological polar surface area (TPSA) is 29.9 Å². The molecule has 1 aliphatic rings. The molecular formula is C15H24F3N3. The van der Waals surface area contributed by atoms with Crippen molar-refractivity contribution in [3.63, 3.8) is 0 Å². The van der Waals surface area contributed by atoms with Crippen LogP contribution in [0.25, 0.3) is 0 Å². The van der Waals surface area contributed by atoms with Gasteiger partial charge in [0.2, 0.25) is 5.82 Å². The summed E-state index contributed by atoms with van der Waals surface area (Å²) < 4.78 is 41.6. The highest BCUT2D eigenvalue weighted by atomic mass is 19.4. The van der Waals surface area contributed by atoms with Crippen LogP contribution in [0.2, 0.25) is 0 Å². The smallest absolute Gasteiger partial charge is 0.319 e. The van der Waals surface area contributed by atoms with Crippen LogP contribution < -0.4 is 5.32 Å². The lowest BCUT2D eigenvalue weighted by Crippen LogP contribution is -2.37. The standard InChI is InChI=1S/C15H24F3N3/c1-13(2,3)9-14(4,5)21-11-6-7-19-8-10(11)20-12(21)15(16,17)18/h19H,6-9H2,1-5H3. The Morgan fingerprint density at radius 3 is 2.29 bits per heavy atom. The second kappa shape index (κ2) is 5.00. The molecule has 0 aromatic carbocycles. The molecule has 0 saturated carbocycles. The predicted molar refractivity (Wildman–Crippen MR) is 76.0 cm³/mol. The zero-order valence-corrected chi connectivity index (χ0v) is 13.4. The fourth-order valence-electron chi connectivity index (χ4n) is 3.53. The van der Waals surface area contributed by atoms with E-state index in [0.29, 0.717) is 31.6 Å². The minimum absolute atomic E-state index is 0.0591. The second-order valence-corrected chi connectivity index (χ2v) is 7.64. The van der Waals surface area contributed by atoms with E-state index in [1.165, 1.54) is 4.57 Å². The molecule has 0 spiro atoms. The van der Waals surface area contributed by atoms with Crippen LogP contribution >= 0.6 is 0 Å². The molecule has 0 radical (unpaired) electrons. The van der Waals surface area contributed by atoms with Gasteiger partial charge >= 0.3 is 6.18 Å². The first-order chi connectivity index (χ1) is 9.42. The first-order valence-corrected chi connectivity index (χ1v) is 7.31. The SMILES string of the molecule is CC(C)(C)CC(C)(C)n1c(C(F)(F)F)nc2c1CCNC2. The Morgan fingerprint density at radius 1 is 1.14 bits per heavy atom. The van der Waals surface area contributed by atoms with Crippen LogP contribution in [0, 0.1) is 5.41 Å². The maximum absolute atomic E-state index is 13.4. The molecule has 0 aliphatic carbocycles. The van der Waals surface area contributed by atoms with Gasteiger partial charge in [-0.3, -0.25) is 0 Å². The summed E-state index contributed by atoms with van der Waals surface area (Å²) in [6.45, 7) is 11.0. The summed E-state index contributed by atoms with van der Waals surface area (Å²) >= 11 is 0. The molecule has 1 aliphatic heterocycles. The number of hydrogen-bond donors (Lipinski definition) is 1. The summed E-state index contributed by atoms with van der Waals surface area (Å²) in [5.41, 5.74) is 0.586. The fraction of sp³-hybridized carbons (Fsp3) is 0.800. The van der Waals surface area contributed by atoms with Crippen molar-refractivity contribution in [3.8, 4) is 0 Å². The number of alkyl halides is 3. The van der Waals surface area contributed by atoms with Gasteiger partial charge < -0.3 is 9.88 Å². The zero-order chi connectivity index (χ0) is 16.1. The first-order valence-electron chi connectivity index (χ1n) is 7.31. The van der Waals surface area contributed by atoms with Gasteiger partial charge in [0.15, 0.2) is 0 Å². The number of fused-ring (bicyclic) bond motifs is 1. The maximum Gasteiger partial charge on any atom is 0.449 e. The molecule has 2 heterocycles. The van der Waals surface area contributed by atoms with Crippen LogP contribution in [-0.4, -0.2) is 16.1 Å². The van der Waals surface area contributed by atoms with Crippen molar-refractivity contribution >= 4 is 0 Å². The molecule has 0 saturated heterocycles. The molecule has 1 N–H and O–H groups in total. The summed E-state index contributed by atoms with van der Waals surface area (Å²) in [7, 11) is 0. The highest BCUT2D eigenvalue weighted by Crippen LogP contribution is 2.39. The molecule has 21 heavy (non-hydrogen) atoms. The lowest BCUT2D eigenvalue weighted by molar-refractivity contribution is -0.149. The van der Waals surface area contributed by atoms with E-state index in [-0.39, 0.29) is 5.41 Å². The van der Waals surface area contributed by atoms with Crippen LogP contribution in [0.15, 0.2) is 0 Å². The van der Waals surface area contributed by atoms with Crippen molar-refractivity contribution in [2.24, 2.45) is 5.41 Å². The van der Waals surface area contributed by atoms with Crippen molar-refractivity contribution < 1.29 is 13.2 Å². The lowest BCUT2D eigenvalue weighted by atomic mass is 9.81. The molecule has 0 unspecified atom stereocenters. The third-order valence-corrected chi connectivity index (χ3v) is 3.71. The maximum atomic E-state index is 13.4. The molecule has 0 fully saturated rings. The number of aromatic nitrogens is 2. The molecule has 3 nitrogen and oxygen atoms in total. The minimum atomic E-state index is -4.42. The monoisotopic (exact) mass is 303 g/mol. The van der Waals surface area contributed by atoms with E-state index in [0.717, 1.165) is 5.69 Å². The van der Waals surface area contributed by atoms with Crippen molar-refractivity contribution in [1.82, 2.24) is 14.9 Å². The highest BCUT2D eigenvalue weighted by Gasteiger charge is 2.43. The van der Waals surface area contributed by atoms with Gasteiger partial charge in [0, 0.05) is 30.7 Å².